The highest BCUT2D eigenvalue weighted by molar-refractivity contribution is 6.35. The molecule has 0 atom stereocenters. The van der Waals surface area contributed by atoms with E-state index >= 15 is 0 Å². The molecule has 3 aromatic rings. The van der Waals surface area contributed by atoms with Gasteiger partial charge in [-0.2, -0.15) is 0 Å². The number of halogens is 2. The molecule has 0 saturated carbocycles. The van der Waals surface area contributed by atoms with Crippen molar-refractivity contribution in [2.45, 2.75) is 19.9 Å². The van der Waals surface area contributed by atoms with Crippen molar-refractivity contribution >= 4 is 40.1 Å². The summed E-state index contributed by atoms with van der Waals surface area (Å²) in [6.07, 6.45) is 1.90. The summed E-state index contributed by atoms with van der Waals surface area (Å²) in [5.74, 6) is -0.0840. The Hall–Kier alpha value is -1.97. The van der Waals surface area contributed by atoms with E-state index < -0.39 is 0 Å². The molecule has 0 radical (unpaired) electrons. The minimum Gasteiger partial charge on any atom is -0.464 e. The topological polar surface area (TPSA) is 42.2 Å². The molecule has 0 spiro atoms. The van der Waals surface area contributed by atoms with Crippen molar-refractivity contribution in [2.75, 3.05) is 0 Å². The summed E-state index contributed by atoms with van der Waals surface area (Å²) in [5.41, 5.74) is 3.63. The number of rotatable bonds is 4. The fraction of sp³-hybridized carbons (Fsp3) is 0.167. The first kappa shape index (κ1) is 15.9. The van der Waals surface area contributed by atoms with Gasteiger partial charge in [0.1, 0.15) is 5.58 Å². The summed E-state index contributed by atoms with van der Waals surface area (Å²) in [4.78, 5) is 12.2. The zero-order valence-corrected chi connectivity index (χ0v) is 14.0. The Labute approximate surface area is 144 Å². The van der Waals surface area contributed by atoms with Gasteiger partial charge in [0.25, 0.3) is 0 Å². The van der Waals surface area contributed by atoms with Crippen LogP contribution in [-0.4, -0.2) is 5.91 Å². The van der Waals surface area contributed by atoms with Crippen LogP contribution >= 0.6 is 23.2 Å². The first-order valence-corrected chi connectivity index (χ1v) is 7.96. The number of carbonyl (C=O) groups excluding carboxylic acids is 1. The first-order valence-electron chi connectivity index (χ1n) is 7.20. The van der Waals surface area contributed by atoms with Crippen molar-refractivity contribution in [1.82, 2.24) is 5.32 Å². The van der Waals surface area contributed by atoms with E-state index in [9.17, 15) is 4.79 Å². The molecule has 0 aliphatic rings. The monoisotopic (exact) mass is 347 g/mol. The Morgan fingerprint density at radius 2 is 1.96 bits per heavy atom. The number of fused-ring (bicyclic) bond motifs is 1. The Morgan fingerprint density at radius 3 is 2.74 bits per heavy atom. The lowest BCUT2D eigenvalue weighted by atomic mass is 10.1. The molecule has 0 unspecified atom stereocenters. The van der Waals surface area contributed by atoms with E-state index in [1.807, 2.05) is 25.1 Å². The van der Waals surface area contributed by atoms with Crippen molar-refractivity contribution < 1.29 is 9.21 Å². The van der Waals surface area contributed by atoms with Crippen molar-refractivity contribution in [3.63, 3.8) is 0 Å². The highest BCUT2D eigenvalue weighted by Gasteiger charge is 2.11. The third-order valence-corrected chi connectivity index (χ3v) is 4.24. The van der Waals surface area contributed by atoms with Crippen LogP contribution in [0.15, 0.2) is 47.1 Å². The van der Waals surface area contributed by atoms with Crippen LogP contribution < -0.4 is 5.32 Å². The van der Waals surface area contributed by atoms with E-state index in [0.717, 1.165) is 27.7 Å². The number of hydrogen-bond acceptors (Lipinski definition) is 2. The quantitative estimate of drug-likeness (QED) is 0.728. The van der Waals surface area contributed by atoms with Gasteiger partial charge in [0, 0.05) is 27.5 Å². The van der Waals surface area contributed by atoms with Crippen LogP contribution in [0.3, 0.4) is 0 Å². The van der Waals surface area contributed by atoms with Crippen LogP contribution in [0.1, 0.15) is 16.7 Å². The number of benzene rings is 2. The third kappa shape index (κ3) is 3.69. The Morgan fingerprint density at radius 1 is 1.13 bits per heavy atom. The van der Waals surface area contributed by atoms with Gasteiger partial charge in [-0.05, 0) is 36.2 Å². The maximum atomic E-state index is 12.2. The molecule has 23 heavy (non-hydrogen) atoms. The maximum Gasteiger partial charge on any atom is 0.224 e. The zero-order chi connectivity index (χ0) is 16.4. The lowest BCUT2D eigenvalue weighted by molar-refractivity contribution is -0.120. The van der Waals surface area contributed by atoms with Gasteiger partial charge in [-0.15, -0.1) is 0 Å². The minimum atomic E-state index is -0.0840. The molecule has 5 heteroatoms. The average molecular weight is 348 g/mol. The van der Waals surface area contributed by atoms with Gasteiger partial charge < -0.3 is 9.73 Å². The van der Waals surface area contributed by atoms with Crippen LogP contribution in [-0.2, 0) is 17.8 Å². The number of amides is 1. The van der Waals surface area contributed by atoms with E-state index in [1.165, 1.54) is 0 Å². The molecule has 2 aromatic carbocycles. The summed E-state index contributed by atoms with van der Waals surface area (Å²) in [6, 6.07) is 11.2. The number of carbonyl (C=O) groups is 1. The van der Waals surface area contributed by atoms with E-state index in [0.29, 0.717) is 16.6 Å². The number of nitrogens with one attached hydrogen (secondary N) is 1. The highest BCUT2D eigenvalue weighted by Crippen LogP contribution is 2.23. The van der Waals surface area contributed by atoms with Gasteiger partial charge in [0.05, 0.1) is 12.7 Å². The van der Waals surface area contributed by atoms with Gasteiger partial charge in [0.2, 0.25) is 5.91 Å². The molecule has 3 rings (SSSR count). The smallest absolute Gasteiger partial charge is 0.224 e. The molecule has 0 saturated heterocycles. The second-order valence-corrected chi connectivity index (χ2v) is 6.29. The van der Waals surface area contributed by atoms with Gasteiger partial charge >= 0.3 is 0 Å². The van der Waals surface area contributed by atoms with Crippen LogP contribution in [0.4, 0.5) is 0 Å². The minimum absolute atomic E-state index is 0.0840. The maximum absolute atomic E-state index is 12.2. The second-order valence-electron chi connectivity index (χ2n) is 5.45. The van der Waals surface area contributed by atoms with E-state index in [2.05, 4.69) is 5.32 Å². The lowest BCUT2D eigenvalue weighted by Crippen LogP contribution is -2.24. The Balaban J connectivity index is 1.66. The summed E-state index contributed by atoms with van der Waals surface area (Å²) in [7, 11) is 0. The van der Waals surface area contributed by atoms with Gasteiger partial charge in [0.15, 0.2) is 0 Å². The average Bonchev–Trinajstić information content (AvgIpc) is 2.88. The van der Waals surface area contributed by atoms with Crippen LogP contribution in [0.2, 0.25) is 10.0 Å². The molecule has 3 nitrogen and oxygen atoms in total. The lowest BCUT2D eigenvalue weighted by Gasteiger charge is -2.07. The molecule has 1 aromatic heterocycles. The predicted molar refractivity (Wildman–Crippen MR) is 93.0 cm³/mol. The number of furan rings is 1. The normalized spacial score (nSPS) is 10.9. The molecular formula is C18H15Cl2NO2. The van der Waals surface area contributed by atoms with Crippen molar-refractivity contribution in [3.05, 3.63) is 69.4 Å². The zero-order valence-electron chi connectivity index (χ0n) is 12.5. The van der Waals surface area contributed by atoms with E-state index in [-0.39, 0.29) is 12.3 Å². The summed E-state index contributed by atoms with van der Waals surface area (Å²) >= 11 is 12.0. The number of hydrogen-bond donors (Lipinski definition) is 1. The van der Waals surface area contributed by atoms with Gasteiger partial charge in [-0.3, -0.25) is 4.79 Å². The van der Waals surface area contributed by atoms with E-state index in [1.54, 1.807) is 24.5 Å². The van der Waals surface area contributed by atoms with Gasteiger partial charge in [-0.1, -0.05) is 41.4 Å². The summed E-state index contributed by atoms with van der Waals surface area (Å²) < 4.78 is 5.51. The second kappa shape index (κ2) is 6.65. The predicted octanol–water partition coefficient (Wildman–Crippen LogP) is 4.91. The summed E-state index contributed by atoms with van der Waals surface area (Å²) in [5, 5.41) is 4.95. The SMILES string of the molecule is Cc1ccc2c(CC(=O)NCc3ccc(Cl)cc3Cl)coc2c1. The van der Waals surface area contributed by atoms with Crippen LogP contribution in [0.5, 0.6) is 0 Å². The Kier molecular flexibility index (Phi) is 4.60. The molecule has 1 heterocycles. The summed E-state index contributed by atoms with van der Waals surface area (Å²) in [6.45, 7) is 2.37. The molecule has 0 fully saturated rings. The number of aryl methyl sites for hydroxylation is 1. The highest BCUT2D eigenvalue weighted by atomic mass is 35.5. The fourth-order valence-corrected chi connectivity index (χ4v) is 2.90. The van der Waals surface area contributed by atoms with E-state index in [4.69, 9.17) is 27.6 Å². The molecule has 1 amide bonds. The molecular weight excluding hydrogens is 333 g/mol. The van der Waals surface area contributed by atoms with Crippen molar-refractivity contribution in [1.29, 1.82) is 0 Å². The van der Waals surface area contributed by atoms with Crippen LogP contribution in [0.25, 0.3) is 11.0 Å². The Bertz CT molecular complexity index is 871. The largest absolute Gasteiger partial charge is 0.464 e. The molecule has 0 aliphatic carbocycles. The first-order chi connectivity index (χ1) is 11.0. The standard InChI is InChI=1S/C18H15Cl2NO2/c1-11-2-5-15-13(10-23-17(15)6-11)7-18(22)21-9-12-3-4-14(19)8-16(12)20/h2-6,8,10H,7,9H2,1H3,(H,21,22). The fourth-order valence-electron chi connectivity index (χ4n) is 2.42. The van der Waals surface area contributed by atoms with Crippen molar-refractivity contribution in [2.24, 2.45) is 0 Å². The molecule has 1 N–H and O–H groups in total. The van der Waals surface area contributed by atoms with Gasteiger partial charge in [-0.25, -0.2) is 0 Å². The molecule has 118 valence electrons. The molecule has 0 bridgehead atoms. The molecule has 0 aliphatic heterocycles. The van der Waals surface area contributed by atoms with Crippen molar-refractivity contribution in [3.8, 4) is 0 Å². The van der Waals surface area contributed by atoms with Crippen LogP contribution in [0, 0.1) is 6.92 Å². The third-order valence-electron chi connectivity index (χ3n) is 3.65.